The average Bonchev–Trinajstić information content (AvgIpc) is 3.66. The number of aryl methyl sites for hydroxylation is 1. The van der Waals surface area contributed by atoms with Crippen molar-refractivity contribution < 1.29 is 13.3 Å². The first kappa shape index (κ1) is 21.6. The van der Waals surface area contributed by atoms with Crippen LogP contribution in [-0.2, 0) is 0 Å². The van der Waals surface area contributed by atoms with Crippen molar-refractivity contribution in [3.8, 4) is 22.3 Å². The number of furan rings is 3. The fourth-order valence-corrected chi connectivity index (χ4v) is 6.12. The van der Waals surface area contributed by atoms with Crippen molar-refractivity contribution in [1.29, 1.82) is 0 Å². The van der Waals surface area contributed by atoms with Crippen LogP contribution in [0, 0.1) is 6.92 Å². The van der Waals surface area contributed by atoms with Crippen molar-refractivity contribution in [3.63, 3.8) is 0 Å². The standard InChI is InChI=1S/C37H22O3/c1-21-9-12-33-27(15-21)30-19-37-31(20-36(30)39-33)29-18-25(11-14-35(29)40-37)23-6-4-5-22(16-23)24-10-13-34-28(17-24)26-7-2-3-8-32(26)38-34/h2-20H,1H3. The van der Waals surface area contributed by atoms with Crippen LogP contribution in [-0.4, -0.2) is 0 Å². The lowest BCUT2D eigenvalue weighted by molar-refractivity contribution is 0.664. The summed E-state index contributed by atoms with van der Waals surface area (Å²) in [6.07, 6.45) is 0. The lowest BCUT2D eigenvalue weighted by Crippen LogP contribution is -1.82. The van der Waals surface area contributed by atoms with Crippen molar-refractivity contribution in [2.45, 2.75) is 6.92 Å². The van der Waals surface area contributed by atoms with E-state index in [1.54, 1.807) is 0 Å². The highest BCUT2D eigenvalue weighted by atomic mass is 16.3. The van der Waals surface area contributed by atoms with Gasteiger partial charge < -0.3 is 13.3 Å². The van der Waals surface area contributed by atoms with E-state index in [1.807, 2.05) is 18.2 Å². The molecule has 3 nitrogen and oxygen atoms in total. The third-order valence-corrected chi connectivity index (χ3v) is 8.12. The van der Waals surface area contributed by atoms with E-state index < -0.39 is 0 Å². The molecule has 40 heavy (non-hydrogen) atoms. The first-order valence-corrected chi connectivity index (χ1v) is 13.5. The second-order valence-electron chi connectivity index (χ2n) is 10.6. The highest BCUT2D eigenvalue weighted by molar-refractivity contribution is 6.15. The topological polar surface area (TPSA) is 39.4 Å². The molecular formula is C37H22O3. The maximum absolute atomic E-state index is 6.31. The minimum Gasteiger partial charge on any atom is -0.456 e. The van der Waals surface area contributed by atoms with E-state index in [2.05, 4.69) is 104 Å². The minimum absolute atomic E-state index is 0.873. The van der Waals surface area contributed by atoms with Crippen LogP contribution in [0.5, 0.6) is 0 Å². The van der Waals surface area contributed by atoms with Gasteiger partial charge in [0, 0.05) is 32.3 Å². The summed E-state index contributed by atoms with van der Waals surface area (Å²) in [7, 11) is 0. The van der Waals surface area contributed by atoms with E-state index in [-0.39, 0.29) is 0 Å². The summed E-state index contributed by atoms with van der Waals surface area (Å²) in [6, 6.07) is 40.3. The Kier molecular flexibility index (Phi) is 4.26. The Balaban J connectivity index is 1.18. The molecule has 0 bridgehead atoms. The smallest absolute Gasteiger partial charge is 0.136 e. The highest BCUT2D eigenvalue weighted by Crippen LogP contribution is 2.39. The highest BCUT2D eigenvalue weighted by Gasteiger charge is 2.15. The van der Waals surface area contributed by atoms with Gasteiger partial charge in [0.1, 0.15) is 33.5 Å². The molecule has 0 aliphatic carbocycles. The van der Waals surface area contributed by atoms with Gasteiger partial charge in [-0.05, 0) is 89.8 Å². The van der Waals surface area contributed by atoms with Crippen molar-refractivity contribution in [2.24, 2.45) is 0 Å². The molecule has 0 fully saturated rings. The van der Waals surface area contributed by atoms with Crippen LogP contribution in [0.15, 0.2) is 129 Å². The van der Waals surface area contributed by atoms with Gasteiger partial charge in [0.05, 0.1) is 0 Å². The number of para-hydroxylation sites is 1. The molecule has 3 heterocycles. The SMILES string of the molecule is Cc1ccc2oc3cc4c(cc3c2c1)oc1ccc(-c2cccc(-c3ccc5oc6ccccc6c5c3)c2)cc14. The predicted octanol–water partition coefficient (Wildman–Crippen LogP) is 11.0. The van der Waals surface area contributed by atoms with Crippen molar-refractivity contribution in [3.05, 3.63) is 121 Å². The summed E-state index contributed by atoms with van der Waals surface area (Å²) in [5, 5.41) is 6.63. The van der Waals surface area contributed by atoms with Crippen LogP contribution < -0.4 is 0 Å². The zero-order valence-corrected chi connectivity index (χ0v) is 21.7. The second-order valence-corrected chi connectivity index (χ2v) is 10.6. The Labute approximate surface area is 228 Å². The molecule has 0 N–H and O–H groups in total. The molecule has 0 atom stereocenters. The summed E-state index contributed by atoms with van der Waals surface area (Å²) < 4.78 is 18.6. The molecule has 0 spiro atoms. The molecule has 9 rings (SSSR count). The van der Waals surface area contributed by atoms with E-state index in [0.29, 0.717) is 0 Å². The van der Waals surface area contributed by atoms with Gasteiger partial charge in [-0.15, -0.1) is 0 Å². The molecule has 0 amide bonds. The summed E-state index contributed by atoms with van der Waals surface area (Å²) in [6.45, 7) is 2.10. The summed E-state index contributed by atoms with van der Waals surface area (Å²) in [4.78, 5) is 0. The first-order valence-electron chi connectivity index (χ1n) is 13.5. The fraction of sp³-hybridized carbons (Fsp3) is 0.0270. The van der Waals surface area contributed by atoms with Crippen LogP contribution in [0.4, 0.5) is 0 Å². The van der Waals surface area contributed by atoms with Gasteiger partial charge in [-0.25, -0.2) is 0 Å². The summed E-state index contributed by atoms with van der Waals surface area (Å²) >= 11 is 0. The normalized spacial score (nSPS) is 12.1. The number of hydrogen-bond acceptors (Lipinski definition) is 3. The lowest BCUT2D eigenvalue weighted by Gasteiger charge is -2.07. The quantitative estimate of drug-likeness (QED) is 0.230. The number of fused-ring (bicyclic) bond motifs is 9. The minimum atomic E-state index is 0.873. The predicted molar refractivity (Wildman–Crippen MR) is 164 cm³/mol. The molecule has 3 aromatic heterocycles. The van der Waals surface area contributed by atoms with Crippen LogP contribution in [0.2, 0.25) is 0 Å². The van der Waals surface area contributed by atoms with Gasteiger partial charge in [-0.1, -0.05) is 60.2 Å². The zero-order valence-electron chi connectivity index (χ0n) is 21.7. The Morgan fingerprint density at radius 3 is 1.48 bits per heavy atom. The van der Waals surface area contributed by atoms with E-state index in [9.17, 15) is 0 Å². The summed E-state index contributed by atoms with van der Waals surface area (Å²) in [5.41, 5.74) is 11.2. The second kappa shape index (κ2) is 7.87. The Bertz CT molecular complexity index is 2450. The van der Waals surface area contributed by atoms with Crippen molar-refractivity contribution in [2.75, 3.05) is 0 Å². The molecule has 0 radical (unpaired) electrons. The largest absolute Gasteiger partial charge is 0.456 e. The van der Waals surface area contributed by atoms with E-state index in [0.717, 1.165) is 76.9 Å². The fourth-order valence-electron chi connectivity index (χ4n) is 6.12. The number of rotatable bonds is 2. The van der Waals surface area contributed by atoms with Crippen molar-refractivity contribution in [1.82, 2.24) is 0 Å². The molecule has 9 aromatic rings. The van der Waals surface area contributed by atoms with E-state index in [4.69, 9.17) is 13.3 Å². The molecule has 3 heteroatoms. The molecule has 0 saturated carbocycles. The van der Waals surface area contributed by atoms with Crippen molar-refractivity contribution >= 4 is 65.8 Å². The van der Waals surface area contributed by atoms with Gasteiger partial charge in [-0.2, -0.15) is 0 Å². The Morgan fingerprint density at radius 2 is 0.800 bits per heavy atom. The van der Waals surface area contributed by atoms with Gasteiger partial charge >= 0.3 is 0 Å². The Morgan fingerprint density at radius 1 is 0.325 bits per heavy atom. The van der Waals surface area contributed by atoms with Gasteiger partial charge in [-0.3, -0.25) is 0 Å². The molecule has 0 aliphatic heterocycles. The molecule has 188 valence electrons. The molecular weight excluding hydrogens is 492 g/mol. The summed E-state index contributed by atoms with van der Waals surface area (Å²) in [5.74, 6) is 0. The first-order chi connectivity index (χ1) is 19.7. The Hall–Kier alpha value is -5.28. The average molecular weight is 515 g/mol. The molecule has 6 aromatic carbocycles. The molecule has 0 unspecified atom stereocenters. The third-order valence-electron chi connectivity index (χ3n) is 8.12. The third kappa shape index (κ3) is 3.12. The number of benzene rings is 6. The van der Waals surface area contributed by atoms with Crippen LogP contribution in [0.3, 0.4) is 0 Å². The van der Waals surface area contributed by atoms with Crippen LogP contribution in [0.25, 0.3) is 88.1 Å². The van der Waals surface area contributed by atoms with E-state index >= 15 is 0 Å². The lowest BCUT2D eigenvalue weighted by atomic mass is 9.97. The zero-order chi connectivity index (χ0) is 26.4. The monoisotopic (exact) mass is 514 g/mol. The van der Waals surface area contributed by atoms with Gasteiger partial charge in [0.25, 0.3) is 0 Å². The van der Waals surface area contributed by atoms with Gasteiger partial charge in [0.2, 0.25) is 0 Å². The van der Waals surface area contributed by atoms with Gasteiger partial charge in [0.15, 0.2) is 0 Å². The van der Waals surface area contributed by atoms with Crippen LogP contribution >= 0.6 is 0 Å². The maximum atomic E-state index is 6.31. The molecule has 0 saturated heterocycles. The van der Waals surface area contributed by atoms with Crippen LogP contribution in [0.1, 0.15) is 5.56 Å². The van der Waals surface area contributed by atoms with E-state index in [1.165, 1.54) is 16.7 Å². The molecule has 0 aliphatic rings. The maximum Gasteiger partial charge on any atom is 0.136 e. The number of hydrogen-bond donors (Lipinski definition) is 0.